The van der Waals surface area contributed by atoms with Gasteiger partial charge < -0.3 is 19.3 Å². The predicted octanol–water partition coefficient (Wildman–Crippen LogP) is 1.32. The first-order chi connectivity index (χ1) is 7.72. The largest absolute Gasteiger partial charge is 0.507 e. The second-order valence-electron chi connectivity index (χ2n) is 4.79. The number of amides is 1. The van der Waals surface area contributed by atoms with Crippen LogP contribution in [-0.4, -0.2) is 41.9 Å². The van der Waals surface area contributed by atoms with Gasteiger partial charge in [-0.1, -0.05) is 0 Å². The van der Waals surface area contributed by atoms with Crippen LogP contribution < -0.4 is 5.32 Å². The van der Waals surface area contributed by atoms with Crippen LogP contribution in [0, 0.1) is 0 Å². The van der Waals surface area contributed by atoms with Crippen molar-refractivity contribution in [2.45, 2.75) is 38.5 Å². The monoisotopic (exact) mass is 247 g/mol. The van der Waals surface area contributed by atoms with Crippen LogP contribution >= 0.6 is 0 Å². The van der Waals surface area contributed by atoms with Gasteiger partial charge >= 0.3 is 12.2 Å². The third-order valence-corrected chi connectivity index (χ3v) is 2.00. The van der Waals surface area contributed by atoms with Gasteiger partial charge in [0.25, 0.3) is 0 Å². The maximum Gasteiger partial charge on any atom is 0.507 e. The quantitative estimate of drug-likeness (QED) is 0.564. The summed E-state index contributed by atoms with van der Waals surface area (Å²) in [5.74, 6) is 0. The van der Waals surface area contributed by atoms with Gasteiger partial charge in [0, 0.05) is 6.42 Å². The number of ether oxygens (including phenoxy) is 3. The number of nitrogens with one attached hydrogen (secondary N) is 1. The first-order valence-corrected chi connectivity index (χ1v) is 5.23. The van der Waals surface area contributed by atoms with Crippen LogP contribution in [0.3, 0.4) is 0 Å². The second-order valence-corrected chi connectivity index (χ2v) is 4.79. The summed E-state index contributed by atoms with van der Waals surface area (Å²) in [6.45, 7) is 5.44. The molecule has 0 aromatic rings. The molecule has 1 aliphatic heterocycles. The summed E-state index contributed by atoms with van der Waals surface area (Å²) in [6.07, 6.45) is -1.94. The number of alkyl carbamates (subject to hydrolysis) is 1. The van der Waals surface area contributed by atoms with Crippen molar-refractivity contribution in [3.63, 3.8) is 0 Å². The summed E-state index contributed by atoms with van der Waals surface area (Å²) in [5.41, 5.74) is -2.00. The number of carboxylic acid groups (broad SMARTS) is 1. The fraction of sp³-hybridized carbons (Fsp3) is 0.800. The molecule has 7 heteroatoms. The van der Waals surface area contributed by atoms with Crippen molar-refractivity contribution in [2.24, 2.45) is 0 Å². The number of carbonyl (C=O) groups is 2. The molecule has 98 valence electrons. The summed E-state index contributed by atoms with van der Waals surface area (Å²) in [6, 6.07) is 0. The lowest BCUT2D eigenvalue weighted by Gasteiger charge is -2.28. The molecular weight excluding hydrogens is 230 g/mol. The molecular formula is C10H17NO6. The van der Waals surface area contributed by atoms with E-state index in [1.54, 1.807) is 20.8 Å². The Morgan fingerprint density at radius 2 is 2.06 bits per heavy atom. The first kappa shape index (κ1) is 13.6. The van der Waals surface area contributed by atoms with Crippen molar-refractivity contribution in [3.8, 4) is 0 Å². The van der Waals surface area contributed by atoms with E-state index in [0.29, 0.717) is 6.61 Å². The van der Waals surface area contributed by atoms with Gasteiger partial charge in [0.1, 0.15) is 12.2 Å². The van der Waals surface area contributed by atoms with Gasteiger partial charge in [0.05, 0.1) is 6.61 Å². The van der Waals surface area contributed by atoms with Gasteiger partial charge in [-0.25, -0.2) is 9.59 Å². The molecule has 0 aliphatic carbocycles. The van der Waals surface area contributed by atoms with Crippen LogP contribution in [0.15, 0.2) is 0 Å². The Morgan fingerprint density at radius 3 is 2.47 bits per heavy atom. The molecule has 1 amide bonds. The van der Waals surface area contributed by atoms with Gasteiger partial charge in [-0.15, -0.1) is 0 Å². The molecule has 0 aromatic carbocycles. The number of hydrogen-bond acceptors (Lipinski definition) is 5. The van der Waals surface area contributed by atoms with Gasteiger partial charge in [0.2, 0.25) is 5.72 Å². The van der Waals surface area contributed by atoms with Crippen LogP contribution in [0.5, 0.6) is 0 Å². The van der Waals surface area contributed by atoms with E-state index in [1.807, 2.05) is 0 Å². The standard InChI is InChI=1S/C10H17NO6/c1-9(2,3)16-7(12)11-10(17-8(13)14)4-5-15-6-10/h4-6H2,1-3H3,(H,11,12)(H,13,14). The van der Waals surface area contributed by atoms with Crippen molar-refractivity contribution in [1.29, 1.82) is 0 Å². The number of carbonyl (C=O) groups excluding carboxylic acids is 1. The normalized spacial score (nSPS) is 24.2. The molecule has 0 radical (unpaired) electrons. The lowest BCUT2D eigenvalue weighted by Crippen LogP contribution is -2.53. The Morgan fingerprint density at radius 1 is 1.41 bits per heavy atom. The van der Waals surface area contributed by atoms with Crippen molar-refractivity contribution in [1.82, 2.24) is 5.32 Å². The highest BCUT2D eigenvalue weighted by atomic mass is 16.7. The molecule has 17 heavy (non-hydrogen) atoms. The molecule has 1 aliphatic rings. The summed E-state index contributed by atoms with van der Waals surface area (Å²) in [4.78, 5) is 22.1. The average Bonchev–Trinajstić information content (AvgIpc) is 2.47. The topological polar surface area (TPSA) is 94.1 Å². The van der Waals surface area contributed by atoms with Crippen LogP contribution in [0.2, 0.25) is 0 Å². The molecule has 0 saturated carbocycles. The molecule has 2 N–H and O–H groups in total. The summed E-state index contributed by atoms with van der Waals surface area (Å²) < 4.78 is 14.7. The fourth-order valence-electron chi connectivity index (χ4n) is 1.41. The minimum atomic E-state index is -1.47. The highest BCUT2D eigenvalue weighted by Gasteiger charge is 2.41. The lowest BCUT2D eigenvalue weighted by atomic mass is 10.2. The van der Waals surface area contributed by atoms with Crippen molar-refractivity contribution in [2.75, 3.05) is 13.2 Å². The Hall–Kier alpha value is -1.50. The maximum atomic E-state index is 11.5. The van der Waals surface area contributed by atoms with Crippen LogP contribution in [0.1, 0.15) is 27.2 Å². The Balaban J connectivity index is 2.61. The zero-order valence-corrected chi connectivity index (χ0v) is 10.1. The van der Waals surface area contributed by atoms with Gasteiger partial charge in [0.15, 0.2) is 0 Å². The second kappa shape index (κ2) is 4.79. The minimum Gasteiger partial charge on any atom is -0.450 e. The number of rotatable bonds is 2. The molecule has 1 unspecified atom stereocenters. The van der Waals surface area contributed by atoms with E-state index < -0.39 is 23.6 Å². The Labute approximate surface area is 99.0 Å². The highest BCUT2D eigenvalue weighted by molar-refractivity contribution is 5.69. The maximum absolute atomic E-state index is 11.5. The molecule has 0 bridgehead atoms. The van der Waals surface area contributed by atoms with Gasteiger partial charge in [-0.05, 0) is 20.8 Å². The van der Waals surface area contributed by atoms with E-state index in [4.69, 9.17) is 14.6 Å². The lowest BCUT2D eigenvalue weighted by molar-refractivity contribution is -0.0493. The summed E-state index contributed by atoms with van der Waals surface area (Å²) >= 11 is 0. The zero-order valence-electron chi connectivity index (χ0n) is 10.1. The van der Waals surface area contributed by atoms with Gasteiger partial charge in [-0.3, -0.25) is 5.32 Å². The third kappa shape index (κ3) is 4.48. The van der Waals surface area contributed by atoms with E-state index in [1.165, 1.54) is 0 Å². The summed E-state index contributed by atoms with van der Waals surface area (Å²) in [7, 11) is 0. The van der Waals surface area contributed by atoms with Crippen molar-refractivity contribution >= 4 is 12.2 Å². The van der Waals surface area contributed by atoms with Crippen molar-refractivity contribution in [3.05, 3.63) is 0 Å². The van der Waals surface area contributed by atoms with E-state index >= 15 is 0 Å². The average molecular weight is 247 g/mol. The van der Waals surface area contributed by atoms with E-state index in [2.05, 4.69) is 10.1 Å². The number of hydrogen-bond donors (Lipinski definition) is 2. The fourth-order valence-corrected chi connectivity index (χ4v) is 1.41. The molecule has 0 spiro atoms. The zero-order chi connectivity index (χ0) is 13.1. The smallest absolute Gasteiger partial charge is 0.450 e. The van der Waals surface area contributed by atoms with Crippen LogP contribution in [-0.2, 0) is 14.2 Å². The van der Waals surface area contributed by atoms with Crippen LogP contribution in [0.4, 0.5) is 9.59 Å². The highest BCUT2D eigenvalue weighted by Crippen LogP contribution is 2.21. The molecule has 1 fully saturated rings. The first-order valence-electron chi connectivity index (χ1n) is 5.23. The summed E-state index contributed by atoms with van der Waals surface area (Å²) in [5, 5.41) is 11.0. The van der Waals surface area contributed by atoms with E-state index in [0.717, 1.165) is 0 Å². The third-order valence-electron chi connectivity index (χ3n) is 2.00. The Kier molecular flexibility index (Phi) is 3.82. The molecule has 0 aromatic heterocycles. The van der Waals surface area contributed by atoms with Crippen molar-refractivity contribution < 1.29 is 28.9 Å². The molecule has 7 nitrogen and oxygen atoms in total. The molecule has 1 rings (SSSR count). The molecule has 1 heterocycles. The minimum absolute atomic E-state index is 0.0153. The van der Waals surface area contributed by atoms with E-state index in [-0.39, 0.29) is 13.0 Å². The molecule has 1 atom stereocenters. The van der Waals surface area contributed by atoms with Gasteiger partial charge in [-0.2, -0.15) is 0 Å². The molecule has 1 saturated heterocycles. The SMILES string of the molecule is CC(C)(C)OC(=O)NC1(OC(=O)O)CCOC1. The van der Waals surface area contributed by atoms with Crippen LogP contribution in [0.25, 0.3) is 0 Å². The van der Waals surface area contributed by atoms with E-state index in [9.17, 15) is 9.59 Å². The predicted molar refractivity (Wildman–Crippen MR) is 56.6 cm³/mol. The Bertz CT molecular complexity index is 302.